The lowest BCUT2D eigenvalue weighted by Crippen LogP contribution is -2.01. The molecule has 21 heavy (non-hydrogen) atoms. The first-order valence-electron chi connectivity index (χ1n) is 7.02. The highest BCUT2D eigenvalue weighted by Gasteiger charge is 2.09. The van der Waals surface area contributed by atoms with E-state index in [4.69, 9.17) is 10.5 Å². The summed E-state index contributed by atoms with van der Waals surface area (Å²) < 4.78 is 7.84. The largest absolute Gasteiger partial charge is 0.487 e. The van der Waals surface area contributed by atoms with Gasteiger partial charge in [0.25, 0.3) is 0 Å². The Labute approximate surface area is 124 Å². The minimum atomic E-state index is 0.455. The van der Waals surface area contributed by atoms with Gasteiger partial charge in [-0.2, -0.15) is 5.10 Å². The number of ether oxygens (including phenoxy) is 1. The average molecular weight is 281 g/mol. The lowest BCUT2D eigenvalue weighted by Gasteiger charge is -2.09. The van der Waals surface area contributed by atoms with Gasteiger partial charge in [-0.15, -0.1) is 0 Å². The molecule has 0 saturated carbocycles. The van der Waals surface area contributed by atoms with Crippen molar-refractivity contribution >= 4 is 10.9 Å². The van der Waals surface area contributed by atoms with Crippen molar-refractivity contribution in [3.05, 3.63) is 59.3 Å². The summed E-state index contributed by atoms with van der Waals surface area (Å²) in [6, 6.07) is 14.2. The molecule has 4 nitrogen and oxygen atoms in total. The van der Waals surface area contributed by atoms with Crippen LogP contribution in [0.1, 0.15) is 16.8 Å². The van der Waals surface area contributed by atoms with Crippen LogP contribution in [0.2, 0.25) is 0 Å². The number of rotatable bonds is 4. The van der Waals surface area contributed by atoms with Gasteiger partial charge in [0.05, 0.1) is 5.52 Å². The number of fused-ring (bicyclic) bond motifs is 1. The predicted molar refractivity (Wildman–Crippen MR) is 84.1 cm³/mol. The summed E-state index contributed by atoms with van der Waals surface area (Å²) in [5.41, 5.74) is 9.92. The molecular weight excluding hydrogens is 262 g/mol. The van der Waals surface area contributed by atoms with Crippen molar-refractivity contribution in [2.45, 2.75) is 20.1 Å². The molecule has 2 aromatic carbocycles. The first-order valence-corrected chi connectivity index (χ1v) is 7.02. The third-order valence-electron chi connectivity index (χ3n) is 3.69. The van der Waals surface area contributed by atoms with Gasteiger partial charge in [0, 0.05) is 19.0 Å². The number of hydrogen-bond acceptors (Lipinski definition) is 3. The summed E-state index contributed by atoms with van der Waals surface area (Å²) in [4.78, 5) is 0. The molecule has 2 N–H and O–H groups in total. The number of aromatic nitrogens is 2. The summed E-state index contributed by atoms with van der Waals surface area (Å²) in [5, 5.41) is 5.68. The Balaban J connectivity index is 1.87. The Bertz CT molecular complexity index is 777. The minimum Gasteiger partial charge on any atom is -0.487 e. The molecule has 0 spiro atoms. The fourth-order valence-corrected chi connectivity index (χ4v) is 2.47. The van der Waals surface area contributed by atoms with Crippen molar-refractivity contribution in [2.24, 2.45) is 12.8 Å². The molecule has 0 bridgehead atoms. The second kappa shape index (κ2) is 5.58. The normalized spacial score (nSPS) is 11.0. The van der Waals surface area contributed by atoms with Gasteiger partial charge in [0.1, 0.15) is 18.1 Å². The van der Waals surface area contributed by atoms with Crippen LogP contribution in [-0.4, -0.2) is 9.78 Å². The second-order valence-electron chi connectivity index (χ2n) is 5.18. The van der Waals surface area contributed by atoms with Crippen LogP contribution in [0.4, 0.5) is 0 Å². The van der Waals surface area contributed by atoms with E-state index in [2.05, 4.69) is 17.2 Å². The van der Waals surface area contributed by atoms with Gasteiger partial charge in [-0.05, 0) is 30.2 Å². The van der Waals surface area contributed by atoms with E-state index in [0.29, 0.717) is 13.2 Å². The number of nitrogens with two attached hydrogens (primary N) is 1. The van der Waals surface area contributed by atoms with Gasteiger partial charge in [0.15, 0.2) is 0 Å². The van der Waals surface area contributed by atoms with E-state index in [-0.39, 0.29) is 0 Å². The smallest absolute Gasteiger partial charge is 0.133 e. The molecule has 1 heterocycles. The SMILES string of the molecule is Cc1ccc(CN)cc1OCc1nn(C)c2ccccc12. The Morgan fingerprint density at radius 1 is 1.19 bits per heavy atom. The Morgan fingerprint density at radius 3 is 2.81 bits per heavy atom. The molecule has 0 aliphatic carbocycles. The van der Waals surface area contributed by atoms with Crippen molar-refractivity contribution in [3.8, 4) is 5.75 Å². The molecule has 0 aliphatic heterocycles. The van der Waals surface area contributed by atoms with Crippen LogP contribution in [-0.2, 0) is 20.2 Å². The van der Waals surface area contributed by atoms with Crippen LogP contribution in [0.3, 0.4) is 0 Å². The van der Waals surface area contributed by atoms with Crippen LogP contribution >= 0.6 is 0 Å². The number of nitrogens with zero attached hydrogens (tertiary/aromatic N) is 2. The molecule has 0 atom stereocenters. The van der Waals surface area contributed by atoms with Crippen LogP contribution in [0.25, 0.3) is 10.9 Å². The summed E-state index contributed by atoms with van der Waals surface area (Å²) in [6.07, 6.45) is 0. The molecule has 3 aromatic rings. The number of aryl methyl sites for hydroxylation is 2. The van der Waals surface area contributed by atoms with E-state index in [9.17, 15) is 0 Å². The van der Waals surface area contributed by atoms with E-state index in [1.807, 2.05) is 49.0 Å². The Hall–Kier alpha value is -2.33. The molecule has 0 aliphatic rings. The topological polar surface area (TPSA) is 53.1 Å². The predicted octanol–water partition coefficient (Wildman–Crippen LogP) is 2.92. The van der Waals surface area contributed by atoms with Crippen molar-refractivity contribution < 1.29 is 4.74 Å². The number of benzene rings is 2. The van der Waals surface area contributed by atoms with Crippen LogP contribution in [0.5, 0.6) is 5.75 Å². The van der Waals surface area contributed by atoms with Gasteiger partial charge in [-0.1, -0.05) is 30.3 Å². The maximum atomic E-state index is 5.96. The van der Waals surface area contributed by atoms with Crippen LogP contribution in [0, 0.1) is 6.92 Å². The quantitative estimate of drug-likeness (QED) is 0.800. The molecule has 4 heteroatoms. The van der Waals surface area contributed by atoms with Crippen molar-refractivity contribution in [2.75, 3.05) is 0 Å². The first-order chi connectivity index (χ1) is 10.2. The highest BCUT2D eigenvalue weighted by molar-refractivity contribution is 5.81. The molecule has 1 aromatic heterocycles. The highest BCUT2D eigenvalue weighted by atomic mass is 16.5. The number of para-hydroxylation sites is 1. The molecule has 108 valence electrons. The zero-order valence-corrected chi connectivity index (χ0v) is 12.3. The third kappa shape index (κ3) is 2.62. The van der Waals surface area contributed by atoms with Crippen molar-refractivity contribution in [1.29, 1.82) is 0 Å². The Morgan fingerprint density at radius 2 is 2.00 bits per heavy atom. The molecule has 0 saturated heterocycles. The van der Waals surface area contributed by atoms with Gasteiger partial charge in [-0.25, -0.2) is 0 Å². The Kier molecular flexibility index (Phi) is 3.62. The second-order valence-corrected chi connectivity index (χ2v) is 5.18. The van der Waals surface area contributed by atoms with E-state index in [1.54, 1.807) is 0 Å². The molecule has 0 amide bonds. The van der Waals surface area contributed by atoms with E-state index < -0.39 is 0 Å². The lowest BCUT2D eigenvalue weighted by molar-refractivity contribution is 0.299. The van der Waals surface area contributed by atoms with Crippen molar-refractivity contribution in [3.63, 3.8) is 0 Å². The van der Waals surface area contributed by atoms with Gasteiger partial charge in [0.2, 0.25) is 0 Å². The highest BCUT2D eigenvalue weighted by Crippen LogP contribution is 2.23. The fraction of sp³-hybridized carbons (Fsp3) is 0.235. The van der Waals surface area contributed by atoms with Crippen LogP contribution < -0.4 is 10.5 Å². The molecule has 0 radical (unpaired) electrons. The standard InChI is InChI=1S/C17H19N3O/c1-12-7-8-13(10-18)9-17(12)21-11-15-14-5-3-4-6-16(14)20(2)19-15/h3-9H,10-11,18H2,1-2H3. The summed E-state index contributed by atoms with van der Waals surface area (Å²) in [6.45, 7) is 3.01. The fourth-order valence-electron chi connectivity index (χ4n) is 2.47. The van der Waals surface area contributed by atoms with Gasteiger partial charge in [-0.3, -0.25) is 4.68 Å². The zero-order chi connectivity index (χ0) is 14.8. The van der Waals surface area contributed by atoms with Crippen LogP contribution in [0.15, 0.2) is 42.5 Å². The molecule has 0 fully saturated rings. The summed E-state index contributed by atoms with van der Waals surface area (Å²) >= 11 is 0. The zero-order valence-electron chi connectivity index (χ0n) is 12.3. The van der Waals surface area contributed by atoms with E-state index in [1.165, 1.54) is 0 Å². The van der Waals surface area contributed by atoms with E-state index in [0.717, 1.165) is 33.5 Å². The lowest BCUT2D eigenvalue weighted by atomic mass is 10.1. The van der Waals surface area contributed by atoms with Gasteiger partial charge >= 0.3 is 0 Å². The molecular formula is C17H19N3O. The minimum absolute atomic E-state index is 0.455. The first kappa shape index (κ1) is 13.6. The summed E-state index contributed by atoms with van der Waals surface area (Å²) in [7, 11) is 1.95. The van der Waals surface area contributed by atoms with Gasteiger partial charge < -0.3 is 10.5 Å². The maximum absolute atomic E-state index is 5.96. The summed E-state index contributed by atoms with van der Waals surface area (Å²) in [5.74, 6) is 0.868. The maximum Gasteiger partial charge on any atom is 0.133 e. The third-order valence-corrected chi connectivity index (χ3v) is 3.69. The van der Waals surface area contributed by atoms with E-state index >= 15 is 0 Å². The molecule has 0 unspecified atom stereocenters. The number of hydrogen-bond donors (Lipinski definition) is 1. The van der Waals surface area contributed by atoms with Crippen molar-refractivity contribution in [1.82, 2.24) is 9.78 Å². The monoisotopic (exact) mass is 281 g/mol. The average Bonchev–Trinajstić information content (AvgIpc) is 2.83. The molecule has 3 rings (SSSR count).